The Hall–Kier alpha value is -3.60. The number of hydrogen-bond donors (Lipinski definition) is 0. The predicted molar refractivity (Wildman–Crippen MR) is 151 cm³/mol. The Morgan fingerprint density at radius 2 is 1.64 bits per heavy atom. The highest BCUT2D eigenvalue weighted by molar-refractivity contribution is 7.81. The van der Waals surface area contributed by atoms with Crippen molar-refractivity contribution in [1.82, 2.24) is 0 Å². The molecule has 2 aromatic rings. The topological polar surface area (TPSA) is 92.1 Å². The summed E-state index contributed by atoms with van der Waals surface area (Å²) in [5.41, 5.74) is -3.07. The molecule has 0 aromatic heterocycles. The first-order chi connectivity index (χ1) is 19.8. The average Bonchev–Trinajstić information content (AvgIpc) is 3.09. The molecule has 0 N–H and O–H groups in total. The number of carbonyl (C=O) groups excluding carboxylic acids is 2. The Morgan fingerprint density at radius 1 is 1.00 bits per heavy atom. The van der Waals surface area contributed by atoms with Crippen LogP contribution in [0.2, 0.25) is 0 Å². The number of ether oxygens (including phenoxy) is 3. The summed E-state index contributed by atoms with van der Waals surface area (Å²) < 4.78 is 71.8. The second kappa shape index (κ2) is 14.0. The first-order valence-electron chi connectivity index (χ1n) is 13.2. The standard InChI is InChI=1S/C29H31F4N3O5S/c1-19(37)18-40-12-5-4-11-39-13-6-14-41-25-10-9-22(16-24(25)30)36-27(42)35(26(38)28(36,2)3)21-8-7-20(17-34)23(15-21)29(31,32)33/h7-10,15-16H,4-6,11-14,18H2,1-3H3. The number of ketones is 1. The molecule has 3 rings (SSSR count). The lowest BCUT2D eigenvalue weighted by Gasteiger charge is -2.29. The molecule has 1 fully saturated rings. The van der Waals surface area contributed by atoms with Crippen LogP contribution >= 0.6 is 12.2 Å². The molecule has 0 bridgehead atoms. The van der Waals surface area contributed by atoms with Crippen LogP contribution in [0.25, 0.3) is 0 Å². The van der Waals surface area contributed by atoms with E-state index in [4.69, 9.17) is 31.7 Å². The van der Waals surface area contributed by atoms with Gasteiger partial charge in [0.1, 0.15) is 12.1 Å². The van der Waals surface area contributed by atoms with Crippen molar-refractivity contribution in [2.75, 3.05) is 42.8 Å². The molecule has 0 aliphatic carbocycles. The highest BCUT2D eigenvalue weighted by atomic mass is 32.1. The second-order valence-electron chi connectivity index (χ2n) is 10.0. The van der Waals surface area contributed by atoms with Crippen molar-refractivity contribution in [2.45, 2.75) is 51.7 Å². The van der Waals surface area contributed by atoms with Crippen molar-refractivity contribution in [2.24, 2.45) is 0 Å². The summed E-state index contributed by atoms with van der Waals surface area (Å²) in [6.45, 7) is 6.24. The number of nitriles is 1. The Balaban J connectivity index is 1.61. The maximum Gasteiger partial charge on any atom is 0.417 e. The SMILES string of the molecule is CC(=O)COCCCCOCCCOc1ccc(N2C(=S)N(c3ccc(C#N)c(C(F)(F)F)c3)C(=O)C2(C)C)cc1F. The van der Waals surface area contributed by atoms with Gasteiger partial charge in [-0.05, 0) is 76.2 Å². The first-order valence-corrected chi connectivity index (χ1v) is 13.6. The van der Waals surface area contributed by atoms with Crippen LogP contribution in [0.3, 0.4) is 0 Å². The average molecular weight is 610 g/mol. The van der Waals surface area contributed by atoms with Gasteiger partial charge in [-0.1, -0.05) is 0 Å². The number of unbranched alkanes of at least 4 members (excludes halogenated alkanes) is 1. The van der Waals surface area contributed by atoms with Crippen LogP contribution in [0, 0.1) is 17.1 Å². The number of halogens is 4. The molecule has 13 heteroatoms. The number of alkyl halides is 3. The van der Waals surface area contributed by atoms with Crippen molar-refractivity contribution in [3.8, 4) is 11.8 Å². The number of carbonyl (C=O) groups is 2. The summed E-state index contributed by atoms with van der Waals surface area (Å²) in [7, 11) is 0. The summed E-state index contributed by atoms with van der Waals surface area (Å²) in [6, 6.07) is 8.44. The molecule has 0 unspecified atom stereocenters. The lowest BCUT2D eigenvalue weighted by molar-refractivity contribution is -0.137. The van der Waals surface area contributed by atoms with E-state index in [9.17, 15) is 27.2 Å². The number of Topliss-reactive ketones (excluding diaryl/α,β-unsaturated/α-hetero) is 1. The predicted octanol–water partition coefficient (Wildman–Crippen LogP) is 5.80. The minimum absolute atomic E-state index is 0.0191. The van der Waals surface area contributed by atoms with Gasteiger partial charge in [0.25, 0.3) is 5.91 Å². The Morgan fingerprint density at radius 3 is 2.26 bits per heavy atom. The largest absolute Gasteiger partial charge is 0.490 e. The van der Waals surface area contributed by atoms with Crippen molar-refractivity contribution in [1.29, 1.82) is 5.26 Å². The minimum atomic E-state index is -4.82. The minimum Gasteiger partial charge on any atom is -0.490 e. The van der Waals surface area contributed by atoms with E-state index in [-0.39, 0.29) is 41.2 Å². The van der Waals surface area contributed by atoms with Crippen LogP contribution in [0.15, 0.2) is 36.4 Å². The quantitative estimate of drug-likeness (QED) is 0.151. The molecule has 0 saturated carbocycles. The molecule has 0 radical (unpaired) electrons. The molecule has 1 saturated heterocycles. The highest BCUT2D eigenvalue weighted by Crippen LogP contribution is 2.40. The van der Waals surface area contributed by atoms with Gasteiger partial charge in [-0.15, -0.1) is 0 Å². The molecule has 1 amide bonds. The monoisotopic (exact) mass is 609 g/mol. The molecule has 226 valence electrons. The van der Waals surface area contributed by atoms with Crippen LogP contribution in [0.4, 0.5) is 28.9 Å². The van der Waals surface area contributed by atoms with E-state index >= 15 is 0 Å². The Bertz CT molecular complexity index is 1360. The Labute approximate surface area is 246 Å². The van der Waals surface area contributed by atoms with Gasteiger partial charge in [0.05, 0.1) is 29.5 Å². The van der Waals surface area contributed by atoms with Crippen molar-refractivity contribution in [3.05, 3.63) is 53.3 Å². The van der Waals surface area contributed by atoms with Crippen LogP contribution in [-0.4, -0.2) is 55.4 Å². The fraction of sp³-hybridized carbons (Fsp3) is 0.448. The number of nitrogens with zero attached hydrogens (tertiary/aromatic N) is 3. The summed E-state index contributed by atoms with van der Waals surface area (Å²) >= 11 is 5.48. The molecule has 1 aliphatic heterocycles. The summed E-state index contributed by atoms with van der Waals surface area (Å²) in [5, 5.41) is 8.94. The molecule has 0 spiro atoms. The van der Waals surface area contributed by atoms with E-state index in [1.54, 1.807) is 0 Å². The first kappa shape index (κ1) is 32.9. The molecule has 8 nitrogen and oxygen atoms in total. The maximum atomic E-state index is 15.0. The smallest absolute Gasteiger partial charge is 0.417 e. The maximum absolute atomic E-state index is 15.0. The van der Waals surface area contributed by atoms with Crippen LogP contribution < -0.4 is 14.5 Å². The van der Waals surface area contributed by atoms with Gasteiger partial charge >= 0.3 is 6.18 Å². The van der Waals surface area contributed by atoms with Crippen LogP contribution in [0.1, 0.15) is 51.2 Å². The van der Waals surface area contributed by atoms with Gasteiger partial charge in [0.15, 0.2) is 22.5 Å². The molecule has 2 aromatic carbocycles. The van der Waals surface area contributed by atoms with E-state index in [1.165, 1.54) is 49.9 Å². The van der Waals surface area contributed by atoms with E-state index in [2.05, 4.69) is 0 Å². The zero-order chi connectivity index (χ0) is 31.1. The lowest BCUT2D eigenvalue weighted by Crippen LogP contribution is -2.44. The zero-order valence-corrected chi connectivity index (χ0v) is 24.2. The fourth-order valence-electron chi connectivity index (χ4n) is 4.27. The van der Waals surface area contributed by atoms with E-state index in [1.807, 2.05) is 0 Å². The second-order valence-corrected chi connectivity index (χ2v) is 10.4. The molecule has 0 atom stereocenters. The van der Waals surface area contributed by atoms with Crippen molar-refractivity contribution in [3.63, 3.8) is 0 Å². The molecule has 1 heterocycles. The third kappa shape index (κ3) is 7.81. The van der Waals surface area contributed by atoms with Gasteiger partial charge in [0.2, 0.25) is 0 Å². The number of amides is 1. The van der Waals surface area contributed by atoms with Gasteiger partial charge < -0.3 is 19.1 Å². The molecule has 1 aliphatic rings. The van der Waals surface area contributed by atoms with Crippen molar-refractivity contribution >= 4 is 40.4 Å². The number of thiocarbonyl (C=S) groups is 1. The van der Waals surface area contributed by atoms with Gasteiger partial charge in [-0.25, -0.2) is 4.39 Å². The Kier molecular flexibility index (Phi) is 11.0. The number of hydrogen-bond acceptors (Lipinski definition) is 7. The zero-order valence-electron chi connectivity index (χ0n) is 23.4. The summed E-state index contributed by atoms with van der Waals surface area (Å²) in [4.78, 5) is 26.4. The third-order valence-corrected chi connectivity index (χ3v) is 6.72. The highest BCUT2D eigenvalue weighted by Gasteiger charge is 2.50. The molecular weight excluding hydrogens is 578 g/mol. The normalized spacial score (nSPS) is 14.8. The summed E-state index contributed by atoms with van der Waals surface area (Å²) in [5.74, 6) is -1.36. The van der Waals surface area contributed by atoms with E-state index in [0.717, 1.165) is 29.9 Å². The van der Waals surface area contributed by atoms with Crippen molar-refractivity contribution < 1.29 is 41.4 Å². The number of anilines is 2. The van der Waals surface area contributed by atoms with E-state index < -0.39 is 34.6 Å². The van der Waals surface area contributed by atoms with E-state index in [0.29, 0.717) is 32.3 Å². The number of benzene rings is 2. The van der Waals surface area contributed by atoms with Crippen LogP contribution in [-0.2, 0) is 25.2 Å². The summed E-state index contributed by atoms with van der Waals surface area (Å²) in [6.07, 6.45) is -2.76. The molecular formula is C29H31F4N3O5S. The van der Waals surface area contributed by atoms with Gasteiger partial charge in [-0.3, -0.25) is 14.5 Å². The fourth-order valence-corrected chi connectivity index (χ4v) is 4.80. The van der Waals surface area contributed by atoms with Crippen LogP contribution in [0.5, 0.6) is 5.75 Å². The third-order valence-electron chi connectivity index (χ3n) is 6.35. The van der Waals surface area contributed by atoms with Gasteiger partial charge in [0, 0.05) is 38.0 Å². The van der Waals surface area contributed by atoms with Gasteiger partial charge in [-0.2, -0.15) is 18.4 Å². The lowest BCUT2D eigenvalue weighted by atomic mass is 10.0. The number of rotatable bonds is 14. The molecule has 42 heavy (non-hydrogen) atoms.